The van der Waals surface area contributed by atoms with Gasteiger partial charge in [0.2, 0.25) is 0 Å². The molecule has 0 aliphatic carbocycles. The Kier molecular flexibility index (Phi) is 7.43. The molecule has 1 amide bonds. The Morgan fingerprint density at radius 1 is 1.35 bits per heavy atom. The van der Waals surface area contributed by atoms with Crippen molar-refractivity contribution in [2.75, 3.05) is 31.6 Å². The summed E-state index contributed by atoms with van der Waals surface area (Å²) in [7, 11) is 1.70. The fourth-order valence-electron chi connectivity index (χ4n) is 5.06. The molecule has 9 nitrogen and oxygen atoms in total. The van der Waals surface area contributed by atoms with Crippen molar-refractivity contribution in [2.24, 2.45) is 5.92 Å². The van der Waals surface area contributed by atoms with Gasteiger partial charge in [-0.1, -0.05) is 19.6 Å². The van der Waals surface area contributed by atoms with Crippen LogP contribution >= 0.6 is 0 Å². The summed E-state index contributed by atoms with van der Waals surface area (Å²) < 4.78 is 6.18. The highest BCUT2D eigenvalue weighted by Gasteiger charge is 2.23. The SMILES string of the molecule is C=CNC[C@@H](C)N(C)C(=O)c1cnc(-c2cc3nccc(-c4ccc(N5CCC(C)C5)c(C#N)c4)c3o2)c(O)c1. The quantitative estimate of drug-likeness (QED) is 0.316. The normalized spacial score (nSPS) is 15.6. The number of carbonyl (C=O) groups excluding carboxylic acids is 1. The number of fused-ring (bicyclic) bond motifs is 1. The Bertz CT molecular complexity index is 1620. The fraction of sp³-hybridized carbons (Fsp3) is 0.290. The Balaban J connectivity index is 1.45. The van der Waals surface area contributed by atoms with E-state index in [2.05, 4.69) is 39.8 Å². The van der Waals surface area contributed by atoms with Crippen molar-refractivity contribution in [3.63, 3.8) is 0 Å². The van der Waals surface area contributed by atoms with E-state index in [0.29, 0.717) is 34.9 Å². The van der Waals surface area contributed by atoms with Gasteiger partial charge in [-0.05, 0) is 55.3 Å². The summed E-state index contributed by atoms with van der Waals surface area (Å²) in [6.07, 6.45) is 5.81. The van der Waals surface area contributed by atoms with Crippen LogP contribution in [0.1, 0.15) is 36.2 Å². The molecule has 0 bridgehead atoms. The second-order valence-electron chi connectivity index (χ2n) is 10.3. The minimum absolute atomic E-state index is 0.0956. The molecule has 1 saturated heterocycles. The lowest BCUT2D eigenvalue weighted by molar-refractivity contribution is 0.0744. The zero-order valence-corrected chi connectivity index (χ0v) is 22.9. The third kappa shape index (κ3) is 5.08. The van der Waals surface area contributed by atoms with Crippen LogP contribution in [0, 0.1) is 17.2 Å². The smallest absolute Gasteiger partial charge is 0.255 e. The molecule has 3 aromatic heterocycles. The second-order valence-corrected chi connectivity index (χ2v) is 10.3. The number of furan rings is 1. The van der Waals surface area contributed by atoms with E-state index in [9.17, 15) is 15.2 Å². The van der Waals surface area contributed by atoms with Gasteiger partial charge >= 0.3 is 0 Å². The van der Waals surface area contributed by atoms with Crippen molar-refractivity contribution in [3.8, 4) is 34.4 Å². The third-order valence-corrected chi connectivity index (χ3v) is 7.49. The molecule has 4 heterocycles. The lowest BCUT2D eigenvalue weighted by Gasteiger charge is -2.25. The van der Waals surface area contributed by atoms with E-state index in [1.165, 1.54) is 12.3 Å². The molecule has 0 spiro atoms. The number of hydrogen-bond donors (Lipinski definition) is 2. The molecule has 1 aliphatic heterocycles. The van der Waals surface area contributed by atoms with E-state index in [0.717, 1.165) is 36.3 Å². The second kappa shape index (κ2) is 11.1. The van der Waals surface area contributed by atoms with Gasteiger partial charge in [0, 0.05) is 56.7 Å². The van der Waals surface area contributed by atoms with Gasteiger partial charge in [-0.15, -0.1) is 0 Å². The molecule has 2 atom stereocenters. The summed E-state index contributed by atoms with van der Waals surface area (Å²) in [5.74, 6) is 0.495. The highest BCUT2D eigenvalue weighted by molar-refractivity contribution is 5.96. The minimum atomic E-state index is -0.263. The average Bonchev–Trinajstić information content (AvgIpc) is 3.60. The summed E-state index contributed by atoms with van der Waals surface area (Å²) in [6, 6.07) is 13.1. The minimum Gasteiger partial charge on any atom is -0.506 e. The van der Waals surface area contributed by atoms with Crippen LogP contribution in [-0.2, 0) is 0 Å². The number of anilines is 1. The summed E-state index contributed by atoms with van der Waals surface area (Å²) in [6.45, 7) is 10.2. The van der Waals surface area contributed by atoms with E-state index in [4.69, 9.17) is 4.42 Å². The summed E-state index contributed by atoms with van der Waals surface area (Å²) in [5, 5.41) is 23.7. The Labute approximate surface area is 233 Å². The van der Waals surface area contributed by atoms with Gasteiger partial charge in [0.05, 0.1) is 16.8 Å². The van der Waals surface area contributed by atoms with Crippen LogP contribution in [0.3, 0.4) is 0 Å². The van der Waals surface area contributed by atoms with Crippen molar-refractivity contribution in [1.82, 2.24) is 20.2 Å². The number of rotatable bonds is 8. The van der Waals surface area contributed by atoms with E-state index >= 15 is 0 Å². The molecule has 5 rings (SSSR count). The molecule has 0 radical (unpaired) electrons. The van der Waals surface area contributed by atoms with Crippen molar-refractivity contribution >= 4 is 22.7 Å². The number of pyridine rings is 2. The average molecular weight is 537 g/mol. The largest absolute Gasteiger partial charge is 0.506 e. The first-order valence-electron chi connectivity index (χ1n) is 13.3. The summed E-state index contributed by atoms with van der Waals surface area (Å²) in [5.41, 5.74) is 4.76. The van der Waals surface area contributed by atoms with Crippen LogP contribution in [0.5, 0.6) is 5.75 Å². The van der Waals surface area contributed by atoms with Crippen LogP contribution in [0.4, 0.5) is 5.69 Å². The first kappa shape index (κ1) is 26.8. The highest BCUT2D eigenvalue weighted by atomic mass is 16.3. The maximum atomic E-state index is 12.9. The Morgan fingerprint density at radius 2 is 2.17 bits per heavy atom. The number of amides is 1. The zero-order chi connectivity index (χ0) is 28.4. The van der Waals surface area contributed by atoms with E-state index in [-0.39, 0.29) is 29.0 Å². The maximum Gasteiger partial charge on any atom is 0.255 e. The number of aromatic nitrogens is 2. The molecular formula is C31H32N6O3. The lowest BCUT2D eigenvalue weighted by atomic mass is 10.0. The molecular weight excluding hydrogens is 504 g/mol. The van der Waals surface area contributed by atoms with E-state index in [1.807, 2.05) is 31.2 Å². The molecule has 9 heteroatoms. The van der Waals surface area contributed by atoms with Gasteiger partial charge in [0.1, 0.15) is 23.0 Å². The number of aromatic hydroxyl groups is 1. The molecule has 204 valence electrons. The van der Waals surface area contributed by atoms with Gasteiger partial charge in [-0.3, -0.25) is 9.78 Å². The molecule has 1 aromatic carbocycles. The van der Waals surface area contributed by atoms with Gasteiger partial charge in [0.25, 0.3) is 5.91 Å². The van der Waals surface area contributed by atoms with Crippen LogP contribution < -0.4 is 10.2 Å². The topological polar surface area (TPSA) is 119 Å². The predicted molar refractivity (Wildman–Crippen MR) is 155 cm³/mol. The Morgan fingerprint density at radius 3 is 2.88 bits per heavy atom. The number of hydrogen-bond acceptors (Lipinski definition) is 8. The number of carbonyl (C=O) groups is 1. The van der Waals surface area contributed by atoms with Gasteiger partial charge in [0.15, 0.2) is 11.3 Å². The number of nitrogens with one attached hydrogen (secondary N) is 1. The van der Waals surface area contributed by atoms with Gasteiger partial charge < -0.3 is 24.6 Å². The van der Waals surface area contributed by atoms with E-state index in [1.54, 1.807) is 30.4 Å². The van der Waals surface area contributed by atoms with Crippen molar-refractivity contribution < 1.29 is 14.3 Å². The van der Waals surface area contributed by atoms with E-state index < -0.39 is 0 Å². The van der Waals surface area contributed by atoms with Gasteiger partial charge in [-0.25, -0.2) is 4.98 Å². The summed E-state index contributed by atoms with van der Waals surface area (Å²) in [4.78, 5) is 25.6. The van der Waals surface area contributed by atoms with Crippen molar-refractivity contribution in [2.45, 2.75) is 26.3 Å². The lowest BCUT2D eigenvalue weighted by Crippen LogP contribution is -2.40. The molecule has 40 heavy (non-hydrogen) atoms. The van der Waals surface area contributed by atoms with Crippen molar-refractivity contribution in [1.29, 1.82) is 5.26 Å². The predicted octanol–water partition coefficient (Wildman–Crippen LogP) is 5.17. The third-order valence-electron chi connectivity index (χ3n) is 7.49. The fourth-order valence-corrected chi connectivity index (χ4v) is 5.06. The van der Waals surface area contributed by atoms with Crippen LogP contribution in [-0.4, -0.2) is 58.6 Å². The first-order valence-corrected chi connectivity index (χ1v) is 13.3. The standard InChI is InChI=1S/C31H32N6O3/c1-5-33-16-20(3)36(4)31(39)23-13-27(38)29(35-17-23)28-14-25-30(40-28)24(8-10-34-25)21-6-7-26(22(12-21)15-32)37-11-9-19(2)18-37/h5-8,10,12-14,17,19-20,33,38H,1,9,11,16,18H2,2-4H3/t19?,20-/m1/s1. The zero-order valence-electron chi connectivity index (χ0n) is 22.9. The number of likely N-dealkylation sites (N-methyl/N-ethyl adjacent to an activating group) is 1. The van der Waals surface area contributed by atoms with Gasteiger partial charge in [-0.2, -0.15) is 5.26 Å². The number of nitrogens with zero attached hydrogens (tertiary/aromatic N) is 5. The van der Waals surface area contributed by atoms with Crippen LogP contribution in [0.2, 0.25) is 0 Å². The maximum absolute atomic E-state index is 12.9. The Hall–Kier alpha value is -4.84. The molecule has 4 aromatic rings. The number of nitriles is 1. The monoisotopic (exact) mass is 536 g/mol. The molecule has 1 unspecified atom stereocenters. The molecule has 1 fully saturated rings. The summed E-state index contributed by atoms with van der Waals surface area (Å²) >= 11 is 0. The van der Waals surface area contributed by atoms with Crippen LogP contribution in [0.25, 0.3) is 33.7 Å². The van der Waals surface area contributed by atoms with Crippen molar-refractivity contribution in [3.05, 3.63) is 72.7 Å². The first-order chi connectivity index (χ1) is 19.3. The number of benzene rings is 1. The molecule has 1 aliphatic rings. The van der Waals surface area contributed by atoms with Crippen LogP contribution in [0.15, 0.2) is 66.0 Å². The molecule has 2 N–H and O–H groups in total. The highest BCUT2D eigenvalue weighted by Crippen LogP contribution is 2.37. The molecule has 0 saturated carbocycles.